The monoisotopic (exact) mass is 292 g/mol. The van der Waals surface area contributed by atoms with E-state index >= 15 is 0 Å². The third kappa shape index (κ3) is 3.84. The molecule has 0 saturated carbocycles. The van der Waals surface area contributed by atoms with Crippen LogP contribution in [0.5, 0.6) is 0 Å². The highest BCUT2D eigenvalue weighted by Gasteiger charge is 2.21. The van der Waals surface area contributed by atoms with Gasteiger partial charge < -0.3 is 10.5 Å². The molecule has 0 aromatic heterocycles. The largest absolute Gasteiger partial charge is 0.398 e. The van der Waals surface area contributed by atoms with Gasteiger partial charge in [0.2, 0.25) is 10.0 Å². The number of hydrogen-bond donors (Lipinski definition) is 2. The van der Waals surface area contributed by atoms with Crippen molar-refractivity contribution in [3.8, 4) is 0 Å². The Kier molecular flexibility index (Phi) is 5.40. The van der Waals surface area contributed by atoms with Crippen molar-refractivity contribution in [1.29, 1.82) is 0 Å². The number of nitrogens with two attached hydrogens (primary N) is 1. The van der Waals surface area contributed by atoms with Crippen LogP contribution in [0.4, 0.5) is 5.69 Å². The second kappa shape index (κ2) is 6.38. The van der Waals surface area contributed by atoms with Gasteiger partial charge in [-0.2, -0.15) is 0 Å². The van der Waals surface area contributed by atoms with Crippen molar-refractivity contribution in [2.75, 3.05) is 26.0 Å². The van der Waals surface area contributed by atoms with Crippen molar-refractivity contribution in [3.63, 3.8) is 0 Å². The number of nitrogens with one attached hydrogen (secondary N) is 1. The number of ether oxygens (including phenoxy) is 1. The summed E-state index contributed by atoms with van der Waals surface area (Å²) in [4.78, 5) is -0.0729. The van der Waals surface area contributed by atoms with Gasteiger partial charge in [0.15, 0.2) is 0 Å². The predicted octanol–water partition coefficient (Wildman–Crippen LogP) is 1.48. The van der Waals surface area contributed by atoms with Gasteiger partial charge in [0, 0.05) is 20.3 Å². The van der Waals surface area contributed by atoms with Crippen LogP contribution in [0.3, 0.4) is 0 Å². The smallest absolute Gasteiger partial charge is 0.244 e. The van der Waals surface area contributed by atoms with Crippen molar-refractivity contribution >= 4 is 27.3 Å². The molecule has 0 aliphatic rings. The molecular formula is C11H17ClN2O3S. The predicted molar refractivity (Wildman–Crippen MR) is 72.1 cm³/mol. The van der Waals surface area contributed by atoms with Gasteiger partial charge in [-0.25, -0.2) is 13.1 Å². The summed E-state index contributed by atoms with van der Waals surface area (Å²) in [6, 6.07) is 4.59. The van der Waals surface area contributed by atoms with Crippen LogP contribution in [0.25, 0.3) is 0 Å². The minimum absolute atomic E-state index is 0.0634. The molecule has 1 atom stereocenters. The van der Waals surface area contributed by atoms with E-state index in [1.807, 2.05) is 6.92 Å². The summed E-state index contributed by atoms with van der Waals surface area (Å²) < 4.78 is 31.5. The molecule has 5 nitrogen and oxygen atoms in total. The Bertz CT molecular complexity index is 485. The molecule has 0 radical (unpaired) electrons. The number of benzene rings is 1. The van der Waals surface area contributed by atoms with E-state index in [2.05, 4.69) is 4.72 Å². The minimum atomic E-state index is -3.70. The third-order valence-corrected chi connectivity index (χ3v) is 4.31. The van der Waals surface area contributed by atoms with Gasteiger partial charge in [-0.1, -0.05) is 24.6 Å². The Labute approximate surface area is 112 Å². The van der Waals surface area contributed by atoms with Gasteiger partial charge in [-0.15, -0.1) is 0 Å². The maximum Gasteiger partial charge on any atom is 0.244 e. The molecule has 1 aromatic carbocycles. The van der Waals surface area contributed by atoms with Crippen molar-refractivity contribution in [1.82, 2.24) is 4.72 Å². The lowest BCUT2D eigenvalue weighted by atomic mass is 10.2. The zero-order chi connectivity index (χ0) is 13.8. The van der Waals surface area contributed by atoms with Gasteiger partial charge in [-0.05, 0) is 18.1 Å². The summed E-state index contributed by atoms with van der Waals surface area (Å²) >= 11 is 5.87. The number of nitrogen functional groups attached to an aromatic ring is 1. The number of rotatable bonds is 6. The summed E-state index contributed by atoms with van der Waals surface area (Å²) in [5, 5.41) is 0.113. The van der Waals surface area contributed by atoms with Crippen molar-refractivity contribution in [2.45, 2.75) is 11.8 Å². The van der Waals surface area contributed by atoms with Crippen LogP contribution in [-0.4, -0.2) is 28.7 Å². The summed E-state index contributed by atoms with van der Waals surface area (Å²) in [6.45, 7) is 2.61. The molecule has 0 saturated heterocycles. The molecule has 1 unspecified atom stereocenters. The van der Waals surface area contributed by atoms with E-state index in [0.717, 1.165) is 0 Å². The SMILES string of the molecule is COCC(C)CNS(=O)(=O)c1c(N)cccc1Cl. The highest BCUT2D eigenvalue weighted by molar-refractivity contribution is 7.89. The average molecular weight is 293 g/mol. The second-order valence-corrected chi connectivity index (χ2v) is 6.18. The topological polar surface area (TPSA) is 81.4 Å². The maximum absolute atomic E-state index is 12.1. The van der Waals surface area contributed by atoms with E-state index in [4.69, 9.17) is 22.1 Å². The van der Waals surface area contributed by atoms with Gasteiger partial charge >= 0.3 is 0 Å². The van der Waals surface area contributed by atoms with Crippen LogP contribution in [0.2, 0.25) is 5.02 Å². The Morgan fingerprint density at radius 1 is 1.50 bits per heavy atom. The zero-order valence-corrected chi connectivity index (χ0v) is 11.9. The van der Waals surface area contributed by atoms with Crippen LogP contribution in [0, 0.1) is 5.92 Å². The van der Waals surface area contributed by atoms with Crippen molar-refractivity contribution in [3.05, 3.63) is 23.2 Å². The highest BCUT2D eigenvalue weighted by atomic mass is 35.5. The van der Waals surface area contributed by atoms with E-state index in [9.17, 15) is 8.42 Å². The lowest BCUT2D eigenvalue weighted by Gasteiger charge is -2.14. The number of hydrogen-bond acceptors (Lipinski definition) is 4. The molecule has 3 N–H and O–H groups in total. The summed E-state index contributed by atoms with van der Waals surface area (Å²) in [6.07, 6.45) is 0. The van der Waals surface area contributed by atoms with E-state index in [-0.39, 0.29) is 28.1 Å². The van der Waals surface area contributed by atoms with Crippen molar-refractivity contribution < 1.29 is 13.2 Å². The molecule has 18 heavy (non-hydrogen) atoms. The van der Waals surface area contributed by atoms with Crippen LogP contribution < -0.4 is 10.5 Å². The molecule has 7 heteroatoms. The molecule has 0 aliphatic carbocycles. The van der Waals surface area contributed by atoms with E-state index in [1.54, 1.807) is 13.2 Å². The van der Waals surface area contributed by atoms with Gasteiger partial charge in [0.25, 0.3) is 0 Å². The Morgan fingerprint density at radius 2 is 2.17 bits per heavy atom. The van der Waals surface area contributed by atoms with Gasteiger partial charge in [0.1, 0.15) is 4.90 Å². The Morgan fingerprint density at radius 3 is 2.72 bits per heavy atom. The van der Waals surface area contributed by atoms with Crippen LogP contribution in [0.15, 0.2) is 23.1 Å². The molecule has 0 aliphatic heterocycles. The van der Waals surface area contributed by atoms with Crippen LogP contribution in [-0.2, 0) is 14.8 Å². The second-order valence-electron chi connectivity index (χ2n) is 4.07. The fourth-order valence-corrected chi connectivity index (χ4v) is 3.31. The lowest BCUT2D eigenvalue weighted by Crippen LogP contribution is -2.30. The standard InChI is InChI=1S/C11H17ClN2O3S/c1-8(7-17-2)6-14-18(15,16)11-9(12)4-3-5-10(11)13/h3-5,8,14H,6-7,13H2,1-2H3. The van der Waals surface area contributed by atoms with Crippen LogP contribution >= 0.6 is 11.6 Å². The normalized spacial score (nSPS) is 13.5. The van der Waals surface area contributed by atoms with E-state index in [0.29, 0.717) is 6.61 Å². The number of sulfonamides is 1. The number of halogens is 1. The van der Waals surface area contributed by atoms with Crippen LogP contribution in [0.1, 0.15) is 6.92 Å². The van der Waals surface area contributed by atoms with Gasteiger partial charge in [0.05, 0.1) is 10.7 Å². The molecule has 0 fully saturated rings. The molecular weight excluding hydrogens is 276 g/mol. The summed E-state index contributed by atoms with van der Waals surface area (Å²) in [5.41, 5.74) is 5.78. The first-order valence-corrected chi connectivity index (χ1v) is 7.27. The zero-order valence-electron chi connectivity index (χ0n) is 10.3. The summed E-state index contributed by atoms with van der Waals surface area (Å²) in [7, 11) is -2.13. The number of methoxy groups -OCH3 is 1. The first-order valence-electron chi connectivity index (χ1n) is 5.41. The molecule has 1 rings (SSSR count). The maximum atomic E-state index is 12.1. The molecule has 0 spiro atoms. The molecule has 0 amide bonds. The first-order chi connectivity index (χ1) is 8.38. The Hall–Kier alpha value is -0.820. The minimum Gasteiger partial charge on any atom is -0.398 e. The molecule has 0 bridgehead atoms. The Balaban J connectivity index is 2.87. The highest BCUT2D eigenvalue weighted by Crippen LogP contribution is 2.26. The number of anilines is 1. The van der Waals surface area contributed by atoms with Crippen molar-refractivity contribution in [2.24, 2.45) is 5.92 Å². The molecule has 102 valence electrons. The molecule has 1 aromatic rings. The van der Waals surface area contributed by atoms with E-state index < -0.39 is 10.0 Å². The fraction of sp³-hybridized carbons (Fsp3) is 0.455. The van der Waals surface area contributed by atoms with Gasteiger partial charge in [-0.3, -0.25) is 0 Å². The fourth-order valence-electron chi connectivity index (χ4n) is 1.48. The quantitative estimate of drug-likeness (QED) is 0.778. The average Bonchev–Trinajstić information content (AvgIpc) is 2.26. The first kappa shape index (κ1) is 15.2. The summed E-state index contributed by atoms with van der Waals surface area (Å²) in [5.74, 6) is 0.0634. The van der Waals surface area contributed by atoms with E-state index in [1.165, 1.54) is 12.1 Å². The third-order valence-electron chi connectivity index (χ3n) is 2.34. The lowest BCUT2D eigenvalue weighted by molar-refractivity contribution is 0.161. The molecule has 0 heterocycles.